The van der Waals surface area contributed by atoms with E-state index in [9.17, 15) is 0 Å². The van der Waals surface area contributed by atoms with Gasteiger partial charge in [-0.05, 0) is 43.2 Å². The van der Waals surface area contributed by atoms with E-state index in [0.29, 0.717) is 11.9 Å². The minimum Gasteiger partial charge on any atom is -0.324 e. The number of alkyl halides is 1. The molecule has 19 heavy (non-hydrogen) atoms. The average Bonchev–Trinajstić information content (AvgIpc) is 2.77. The summed E-state index contributed by atoms with van der Waals surface area (Å²) in [6, 6.07) is 7.17. The fraction of sp³-hybridized carbons (Fsp3) is 0.533. The molecule has 0 radical (unpaired) electrons. The highest BCUT2D eigenvalue weighted by atomic mass is 35.5. The van der Waals surface area contributed by atoms with Crippen molar-refractivity contribution < 1.29 is 0 Å². The van der Waals surface area contributed by atoms with Gasteiger partial charge in [0.15, 0.2) is 0 Å². The zero-order valence-corrected chi connectivity index (χ0v) is 12.8. The summed E-state index contributed by atoms with van der Waals surface area (Å²) in [6.07, 6.45) is 3.43. The first kappa shape index (κ1) is 13.3. The van der Waals surface area contributed by atoms with Gasteiger partial charge in [0.25, 0.3) is 0 Å². The molecule has 2 heterocycles. The summed E-state index contributed by atoms with van der Waals surface area (Å²) >= 11 is 8.01. The van der Waals surface area contributed by atoms with Gasteiger partial charge in [-0.1, -0.05) is 6.07 Å². The first-order valence-electron chi connectivity index (χ1n) is 6.91. The predicted molar refractivity (Wildman–Crippen MR) is 84.5 cm³/mol. The van der Waals surface area contributed by atoms with Gasteiger partial charge in [0, 0.05) is 24.1 Å². The molecule has 1 aromatic carbocycles. The molecule has 102 valence electrons. The third kappa shape index (κ3) is 2.63. The van der Waals surface area contributed by atoms with Gasteiger partial charge in [-0.25, -0.2) is 4.98 Å². The Morgan fingerprint density at radius 3 is 3.11 bits per heavy atom. The van der Waals surface area contributed by atoms with Crippen molar-refractivity contribution in [1.82, 2.24) is 9.55 Å². The molecule has 0 amide bonds. The number of nitrogens with zero attached hydrogens (tertiary/aromatic N) is 2. The lowest BCUT2D eigenvalue weighted by Gasteiger charge is -2.25. The number of aryl methyl sites for hydroxylation is 2. The van der Waals surface area contributed by atoms with E-state index in [1.165, 1.54) is 35.4 Å². The summed E-state index contributed by atoms with van der Waals surface area (Å²) in [7, 11) is 0. The van der Waals surface area contributed by atoms with E-state index in [2.05, 4.69) is 41.5 Å². The Morgan fingerprint density at radius 2 is 2.37 bits per heavy atom. The van der Waals surface area contributed by atoms with Gasteiger partial charge in [-0.15, -0.1) is 11.6 Å². The maximum absolute atomic E-state index is 5.95. The van der Waals surface area contributed by atoms with Crippen molar-refractivity contribution in [2.24, 2.45) is 0 Å². The van der Waals surface area contributed by atoms with Gasteiger partial charge in [-0.3, -0.25) is 0 Å². The molecule has 1 unspecified atom stereocenters. The van der Waals surface area contributed by atoms with Crippen molar-refractivity contribution in [2.45, 2.75) is 32.2 Å². The molecule has 1 aliphatic heterocycles. The molecule has 1 aromatic heterocycles. The van der Waals surface area contributed by atoms with Crippen LogP contribution in [0.3, 0.4) is 0 Å². The van der Waals surface area contributed by atoms with Gasteiger partial charge < -0.3 is 4.57 Å². The fourth-order valence-corrected chi connectivity index (χ4v) is 4.15. The van der Waals surface area contributed by atoms with Gasteiger partial charge >= 0.3 is 0 Å². The van der Waals surface area contributed by atoms with Gasteiger partial charge in [0.05, 0.1) is 11.0 Å². The summed E-state index contributed by atoms with van der Waals surface area (Å²) in [5.74, 6) is 4.30. The number of rotatable bonds is 3. The summed E-state index contributed by atoms with van der Waals surface area (Å²) < 4.78 is 2.45. The molecule has 2 aromatic rings. The van der Waals surface area contributed by atoms with Crippen LogP contribution in [-0.4, -0.2) is 26.9 Å². The van der Waals surface area contributed by atoms with Gasteiger partial charge in [-0.2, -0.15) is 11.8 Å². The number of hydrogen-bond acceptors (Lipinski definition) is 2. The predicted octanol–water partition coefficient (Wildman–Crippen LogP) is 4.19. The van der Waals surface area contributed by atoms with Crippen LogP contribution in [0.5, 0.6) is 0 Å². The van der Waals surface area contributed by atoms with Crippen molar-refractivity contribution in [2.75, 3.05) is 17.4 Å². The van der Waals surface area contributed by atoms with Crippen LogP contribution >= 0.6 is 23.4 Å². The monoisotopic (exact) mass is 294 g/mol. The standard InChI is InChI=1S/C15H19ClN2S/c1-11-4-5-14-13(9-11)17-15(6-7-16)18(14)12-3-2-8-19-10-12/h4-5,9,12H,2-3,6-8,10H2,1H3. The van der Waals surface area contributed by atoms with E-state index in [4.69, 9.17) is 16.6 Å². The highest BCUT2D eigenvalue weighted by molar-refractivity contribution is 7.99. The first-order chi connectivity index (χ1) is 9.29. The smallest absolute Gasteiger partial charge is 0.111 e. The molecule has 3 rings (SSSR count). The minimum atomic E-state index is 0.588. The Balaban J connectivity index is 2.09. The molecule has 0 N–H and O–H groups in total. The number of fused-ring (bicyclic) bond motifs is 1. The van der Waals surface area contributed by atoms with Crippen molar-refractivity contribution in [3.8, 4) is 0 Å². The third-order valence-corrected chi connectivity index (χ3v) is 5.12. The summed E-state index contributed by atoms with van der Waals surface area (Å²) in [4.78, 5) is 4.81. The van der Waals surface area contributed by atoms with Crippen LogP contribution in [0.25, 0.3) is 11.0 Å². The molecular weight excluding hydrogens is 276 g/mol. The van der Waals surface area contributed by atoms with Crippen molar-refractivity contribution >= 4 is 34.4 Å². The lowest BCUT2D eigenvalue weighted by molar-refractivity contribution is 0.495. The highest BCUT2D eigenvalue weighted by Crippen LogP contribution is 2.31. The second-order valence-corrected chi connectivity index (χ2v) is 6.73. The largest absolute Gasteiger partial charge is 0.324 e. The normalized spacial score (nSPS) is 20.0. The minimum absolute atomic E-state index is 0.588. The number of thioether (sulfide) groups is 1. The van der Waals surface area contributed by atoms with Crippen LogP contribution in [-0.2, 0) is 6.42 Å². The molecule has 0 saturated carbocycles. The Bertz CT molecular complexity index is 573. The Labute approximate surface area is 123 Å². The number of imidazole rings is 1. The third-order valence-electron chi connectivity index (χ3n) is 3.74. The van der Waals surface area contributed by atoms with E-state index in [0.717, 1.165) is 17.8 Å². The molecule has 0 bridgehead atoms. The first-order valence-corrected chi connectivity index (χ1v) is 8.59. The zero-order valence-electron chi connectivity index (χ0n) is 11.2. The quantitative estimate of drug-likeness (QED) is 0.790. The summed E-state index contributed by atoms with van der Waals surface area (Å²) in [6.45, 7) is 2.12. The van der Waals surface area contributed by atoms with Crippen LogP contribution in [0, 0.1) is 6.92 Å². The Hall–Kier alpha value is -0.670. The van der Waals surface area contributed by atoms with E-state index in [1.54, 1.807) is 0 Å². The molecule has 1 aliphatic rings. The summed E-state index contributed by atoms with van der Waals surface area (Å²) in [5.41, 5.74) is 3.67. The molecule has 0 spiro atoms. The van der Waals surface area contributed by atoms with E-state index >= 15 is 0 Å². The number of hydrogen-bond donors (Lipinski definition) is 0. The molecular formula is C15H19ClN2S. The molecule has 1 fully saturated rings. The second kappa shape index (κ2) is 5.76. The maximum atomic E-state index is 5.95. The molecule has 2 nitrogen and oxygen atoms in total. The van der Waals surface area contributed by atoms with E-state index in [1.807, 2.05) is 0 Å². The van der Waals surface area contributed by atoms with Gasteiger partial charge in [0.2, 0.25) is 0 Å². The Morgan fingerprint density at radius 1 is 1.47 bits per heavy atom. The fourth-order valence-electron chi connectivity index (χ4n) is 2.85. The molecule has 4 heteroatoms. The van der Waals surface area contributed by atoms with E-state index in [-0.39, 0.29) is 0 Å². The van der Waals surface area contributed by atoms with Crippen LogP contribution in [0.2, 0.25) is 0 Å². The van der Waals surface area contributed by atoms with Crippen LogP contribution < -0.4 is 0 Å². The zero-order chi connectivity index (χ0) is 13.2. The van der Waals surface area contributed by atoms with Crippen LogP contribution in [0.4, 0.5) is 0 Å². The lowest BCUT2D eigenvalue weighted by Crippen LogP contribution is -2.18. The number of halogens is 1. The molecule has 1 saturated heterocycles. The lowest BCUT2D eigenvalue weighted by atomic mass is 10.1. The van der Waals surface area contributed by atoms with Crippen LogP contribution in [0.1, 0.15) is 30.3 Å². The van der Waals surface area contributed by atoms with Crippen LogP contribution in [0.15, 0.2) is 18.2 Å². The summed E-state index contributed by atoms with van der Waals surface area (Å²) in [5, 5.41) is 0. The Kier molecular flexibility index (Phi) is 4.04. The van der Waals surface area contributed by atoms with Crippen molar-refractivity contribution in [3.05, 3.63) is 29.6 Å². The second-order valence-electron chi connectivity index (χ2n) is 5.20. The molecule has 1 atom stereocenters. The average molecular weight is 295 g/mol. The SMILES string of the molecule is Cc1ccc2c(c1)nc(CCCl)n2C1CCCSC1. The number of aromatic nitrogens is 2. The van der Waals surface area contributed by atoms with Crippen molar-refractivity contribution in [1.29, 1.82) is 0 Å². The highest BCUT2D eigenvalue weighted by Gasteiger charge is 2.21. The van der Waals surface area contributed by atoms with Gasteiger partial charge in [0.1, 0.15) is 5.82 Å². The maximum Gasteiger partial charge on any atom is 0.111 e. The number of benzene rings is 1. The molecule has 0 aliphatic carbocycles. The van der Waals surface area contributed by atoms with E-state index < -0.39 is 0 Å². The van der Waals surface area contributed by atoms with Crippen molar-refractivity contribution in [3.63, 3.8) is 0 Å². The topological polar surface area (TPSA) is 17.8 Å².